The Hall–Kier alpha value is -2.54. The number of hydrogen-bond acceptors (Lipinski definition) is 4. The minimum absolute atomic E-state index is 0.0826. The summed E-state index contributed by atoms with van der Waals surface area (Å²) in [5.74, 6) is 0. The molecule has 2 heterocycles. The summed E-state index contributed by atoms with van der Waals surface area (Å²) in [6.07, 6.45) is 2.78. The van der Waals surface area contributed by atoms with Gasteiger partial charge in [0.25, 0.3) is 5.69 Å². The van der Waals surface area contributed by atoms with Crippen LogP contribution in [0.25, 0.3) is 11.0 Å². The normalized spacial score (nSPS) is 12.4. The summed E-state index contributed by atoms with van der Waals surface area (Å²) in [5, 5.41) is 11.3. The quantitative estimate of drug-likeness (QED) is 0.547. The molecular formula is C13H9N3O3S. The number of fused-ring (bicyclic) bond motifs is 1. The minimum Gasteiger partial charge on any atom is -0.258 e. The lowest BCUT2D eigenvalue weighted by atomic mass is 10.3. The highest BCUT2D eigenvalue weighted by Gasteiger charge is 2.14. The minimum atomic E-state index is -1.42. The highest BCUT2D eigenvalue weighted by Crippen LogP contribution is 2.21. The average molecular weight is 287 g/mol. The standard InChI is InChI=1S/C13H9N3O3S/c17-16(18)11-8-10-6-7-15(13(10)14-9-11)20(19)12-4-2-1-3-5-12/h1-9H. The molecule has 3 rings (SSSR count). The maximum Gasteiger partial charge on any atom is 0.288 e. The molecule has 0 N–H and O–H groups in total. The summed E-state index contributed by atoms with van der Waals surface area (Å²) in [7, 11) is -1.42. The van der Waals surface area contributed by atoms with Crippen molar-refractivity contribution in [1.29, 1.82) is 0 Å². The Morgan fingerprint density at radius 1 is 1.20 bits per heavy atom. The molecule has 0 saturated carbocycles. The van der Waals surface area contributed by atoms with Crippen molar-refractivity contribution >= 4 is 27.7 Å². The van der Waals surface area contributed by atoms with Crippen molar-refractivity contribution in [2.24, 2.45) is 0 Å². The van der Waals surface area contributed by atoms with Crippen molar-refractivity contribution < 1.29 is 9.13 Å². The molecule has 2 aromatic heterocycles. The Balaban J connectivity index is 2.09. The number of rotatable bonds is 3. The highest BCUT2D eigenvalue weighted by atomic mass is 32.2. The van der Waals surface area contributed by atoms with Gasteiger partial charge in [-0.1, -0.05) is 18.2 Å². The largest absolute Gasteiger partial charge is 0.288 e. The van der Waals surface area contributed by atoms with Crippen LogP contribution in [0.2, 0.25) is 0 Å². The van der Waals surface area contributed by atoms with Crippen LogP contribution in [-0.2, 0) is 11.0 Å². The van der Waals surface area contributed by atoms with Crippen molar-refractivity contribution in [3.63, 3.8) is 0 Å². The molecule has 0 fully saturated rings. The molecule has 100 valence electrons. The molecule has 6 nitrogen and oxygen atoms in total. The van der Waals surface area contributed by atoms with Gasteiger partial charge in [-0.05, 0) is 18.2 Å². The summed E-state index contributed by atoms with van der Waals surface area (Å²) >= 11 is 0. The van der Waals surface area contributed by atoms with Gasteiger partial charge in [-0.15, -0.1) is 0 Å². The lowest BCUT2D eigenvalue weighted by Crippen LogP contribution is -2.04. The van der Waals surface area contributed by atoms with E-state index in [4.69, 9.17) is 0 Å². The third-order valence-electron chi connectivity index (χ3n) is 2.81. The van der Waals surface area contributed by atoms with Crippen molar-refractivity contribution in [3.8, 4) is 0 Å². The predicted octanol–water partition coefficient (Wildman–Crippen LogP) is 2.52. The zero-order valence-corrected chi connectivity index (χ0v) is 11.0. The van der Waals surface area contributed by atoms with Gasteiger partial charge in [-0.3, -0.25) is 10.1 Å². The van der Waals surface area contributed by atoms with Gasteiger partial charge in [-0.25, -0.2) is 13.2 Å². The summed E-state index contributed by atoms with van der Waals surface area (Å²) in [5.41, 5.74) is 0.374. The van der Waals surface area contributed by atoms with Crippen molar-refractivity contribution in [1.82, 2.24) is 8.96 Å². The van der Waals surface area contributed by atoms with Gasteiger partial charge in [0.1, 0.15) is 6.20 Å². The van der Waals surface area contributed by atoms with E-state index < -0.39 is 15.9 Å². The number of benzene rings is 1. The topological polar surface area (TPSA) is 78.0 Å². The van der Waals surface area contributed by atoms with Crippen molar-refractivity contribution in [2.75, 3.05) is 0 Å². The molecule has 7 heteroatoms. The van der Waals surface area contributed by atoms with E-state index in [1.807, 2.05) is 6.07 Å². The molecule has 0 radical (unpaired) electrons. The number of hydrogen-bond donors (Lipinski definition) is 0. The first-order valence-electron chi connectivity index (χ1n) is 5.75. The van der Waals surface area contributed by atoms with Crippen LogP contribution in [0.15, 0.2) is 59.8 Å². The Morgan fingerprint density at radius 3 is 2.65 bits per heavy atom. The Bertz CT molecular complexity index is 814. The molecule has 1 atom stereocenters. The predicted molar refractivity (Wildman–Crippen MR) is 74.6 cm³/mol. The fourth-order valence-electron chi connectivity index (χ4n) is 1.87. The van der Waals surface area contributed by atoms with Crippen LogP contribution in [0.3, 0.4) is 0 Å². The van der Waals surface area contributed by atoms with Crippen molar-refractivity contribution in [3.05, 3.63) is 65.0 Å². The SMILES string of the molecule is O=[N+]([O-])c1cnc2c(ccn2S(=O)c2ccccc2)c1. The maximum atomic E-state index is 12.4. The van der Waals surface area contributed by atoms with Crippen LogP contribution < -0.4 is 0 Å². The summed E-state index contributed by atoms with van der Waals surface area (Å²) in [4.78, 5) is 14.9. The second-order valence-corrected chi connectivity index (χ2v) is 5.43. The molecule has 1 aromatic carbocycles. The lowest BCUT2D eigenvalue weighted by Gasteiger charge is -2.04. The smallest absolute Gasteiger partial charge is 0.258 e. The van der Waals surface area contributed by atoms with Gasteiger partial charge in [-0.2, -0.15) is 0 Å². The second-order valence-electron chi connectivity index (χ2n) is 4.07. The van der Waals surface area contributed by atoms with E-state index in [2.05, 4.69) is 4.98 Å². The average Bonchev–Trinajstić information content (AvgIpc) is 2.90. The zero-order valence-electron chi connectivity index (χ0n) is 10.2. The highest BCUT2D eigenvalue weighted by molar-refractivity contribution is 7.83. The van der Waals surface area contributed by atoms with Gasteiger partial charge >= 0.3 is 0 Å². The van der Waals surface area contributed by atoms with E-state index >= 15 is 0 Å². The molecule has 0 aliphatic rings. The molecule has 0 aliphatic heterocycles. The second kappa shape index (κ2) is 4.86. The van der Waals surface area contributed by atoms with Gasteiger partial charge in [0.2, 0.25) is 0 Å². The maximum absolute atomic E-state index is 12.4. The molecule has 0 amide bonds. The van der Waals surface area contributed by atoms with E-state index in [1.54, 1.807) is 36.5 Å². The molecule has 0 spiro atoms. The van der Waals surface area contributed by atoms with Crippen LogP contribution in [0.5, 0.6) is 0 Å². The van der Waals surface area contributed by atoms with Gasteiger partial charge in [0.05, 0.1) is 9.82 Å². The monoisotopic (exact) mass is 287 g/mol. The first-order valence-corrected chi connectivity index (χ1v) is 6.86. The van der Waals surface area contributed by atoms with Crippen LogP contribution in [0.1, 0.15) is 0 Å². The molecule has 0 bridgehead atoms. The van der Waals surface area contributed by atoms with Gasteiger partial charge in [0.15, 0.2) is 16.6 Å². The van der Waals surface area contributed by atoms with Crippen LogP contribution in [0.4, 0.5) is 5.69 Å². The Labute approximate surface area is 116 Å². The Morgan fingerprint density at radius 2 is 1.95 bits per heavy atom. The lowest BCUT2D eigenvalue weighted by molar-refractivity contribution is -0.385. The molecule has 0 saturated heterocycles. The number of aromatic nitrogens is 2. The Kier molecular flexibility index (Phi) is 3.03. The summed E-state index contributed by atoms with van der Waals surface area (Å²) < 4.78 is 13.9. The number of nitrogens with zero attached hydrogens (tertiary/aromatic N) is 3. The van der Waals surface area contributed by atoms with E-state index in [9.17, 15) is 14.3 Å². The van der Waals surface area contributed by atoms with E-state index in [0.717, 1.165) is 0 Å². The molecule has 0 aliphatic carbocycles. The van der Waals surface area contributed by atoms with E-state index in [-0.39, 0.29) is 5.69 Å². The fraction of sp³-hybridized carbons (Fsp3) is 0. The summed E-state index contributed by atoms with van der Waals surface area (Å²) in [6, 6.07) is 12.0. The van der Waals surface area contributed by atoms with Gasteiger partial charge < -0.3 is 0 Å². The molecule has 1 unspecified atom stereocenters. The van der Waals surface area contributed by atoms with Crippen LogP contribution in [-0.4, -0.2) is 18.1 Å². The third kappa shape index (κ3) is 2.08. The van der Waals surface area contributed by atoms with Gasteiger partial charge in [0, 0.05) is 17.6 Å². The van der Waals surface area contributed by atoms with E-state index in [1.165, 1.54) is 16.2 Å². The van der Waals surface area contributed by atoms with Crippen LogP contribution >= 0.6 is 0 Å². The first kappa shape index (κ1) is 12.5. The fourth-order valence-corrected chi connectivity index (χ4v) is 2.97. The third-order valence-corrected chi connectivity index (χ3v) is 4.14. The molecule has 3 aromatic rings. The summed E-state index contributed by atoms with van der Waals surface area (Å²) in [6.45, 7) is 0. The number of nitro groups is 1. The molecule has 20 heavy (non-hydrogen) atoms. The van der Waals surface area contributed by atoms with Crippen LogP contribution in [0, 0.1) is 10.1 Å². The molecular weight excluding hydrogens is 278 g/mol. The first-order chi connectivity index (χ1) is 9.66. The van der Waals surface area contributed by atoms with E-state index in [0.29, 0.717) is 15.9 Å². The van der Waals surface area contributed by atoms with Crippen molar-refractivity contribution in [2.45, 2.75) is 4.90 Å². The zero-order chi connectivity index (χ0) is 14.1. The number of pyridine rings is 1.